The van der Waals surface area contributed by atoms with Crippen molar-refractivity contribution in [1.29, 1.82) is 0 Å². The predicted octanol–water partition coefficient (Wildman–Crippen LogP) is 2.23. The fourth-order valence-corrected chi connectivity index (χ4v) is 0. The lowest BCUT2D eigenvalue weighted by atomic mass is 10.3. The van der Waals surface area contributed by atoms with Crippen molar-refractivity contribution in [1.82, 2.24) is 0 Å². The van der Waals surface area contributed by atoms with E-state index in [9.17, 15) is 8.78 Å². The molecule has 5 heteroatoms. The van der Waals surface area contributed by atoms with Crippen molar-refractivity contribution in [3.8, 4) is 0 Å². The van der Waals surface area contributed by atoms with Crippen molar-refractivity contribution in [2.24, 2.45) is 0 Å². The summed E-state index contributed by atoms with van der Waals surface area (Å²) >= 11 is 0. The normalized spacial score (nSPS) is 18.5. The van der Waals surface area contributed by atoms with E-state index in [0.717, 1.165) is 6.42 Å². The number of halogens is 2. The van der Waals surface area contributed by atoms with Crippen LogP contribution in [0.2, 0.25) is 0 Å². The second-order valence-electron chi connectivity index (χ2n) is 4.09. The molecule has 17 heavy (non-hydrogen) atoms. The van der Waals surface area contributed by atoms with Crippen LogP contribution in [0.15, 0.2) is 0 Å². The lowest BCUT2D eigenvalue weighted by molar-refractivity contribution is 0.104. The molecule has 0 heterocycles. The van der Waals surface area contributed by atoms with Gasteiger partial charge >= 0.3 is 0 Å². The third-order valence-corrected chi connectivity index (χ3v) is 1.92. The molecule has 0 aliphatic carbocycles. The Morgan fingerprint density at radius 3 is 0.882 bits per heavy atom. The average Bonchev–Trinajstić information content (AvgIpc) is 2.19. The summed E-state index contributed by atoms with van der Waals surface area (Å²) < 4.78 is 23.1. The van der Waals surface area contributed by atoms with Crippen molar-refractivity contribution in [3.63, 3.8) is 0 Å². The number of hydrogen-bond acceptors (Lipinski definition) is 3. The van der Waals surface area contributed by atoms with Gasteiger partial charge in [-0.3, -0.25) is 0 Å². The van der Waals surface area contributed by atoms with Crippen molar-refractivity contribution in [3.05, 3.63) is 0 Å². The van der Waals surface area contributed by atoms with Gasteiger partial charge in [-0.15, -0.1) is 0 Å². The first kappa shape index (κ1) is 22.0. The Balaban J connectivity index is -0.000000174. The molecule has 0 spiro atoms. The largest absolute Gasteiger partial charge is 0.393 e. The molecule has 0 aliphatic rings. The van der Waals surface area contributed by atoms with Gasteiger partial charge in [0.05, 0.1) is 18.3 Å². The molecule has 0 saturated heterocycles. The lowest BCUT2D eigenvalue weighted by Crippen LogP contribution is -2.12. The van der Waals surface area contributed by atoms with Gasteiger partial charge in [-0.1, -0.05) is 6.92 Å². The van der Waals surface area contributed by atoms with Crippen LogP contribution < -0.4 is 0 Å². The monoisotopic (exact) mass is 258 g/mol. The van der Waals surface area contributed by atoms with Crippen LogP contribution in [0.4, 0.5) is 8.78 Å². The molecule has 0 radical (unpaired) electrons. The highest BCUT2D eigenvalue weighted by Crippen LogP contribution is 1.93. The summed E-state index contributed by atoms with van der Waals surface area (Å²) in [6.45, 7) is 9.22. The maximum atomic E-state index is 11.6. The topological polar surface area (TPSA) is 60.7 Å². The fraction of sp³-hybridized carbons (Fsp3) is 1.00. The molecule has 0 saturated carbocycles. The Bertz CT molecular complexity index is 114. The predicted molar refractivity (Wildman–Crippen MR) is 66.5 cm³/mol. The van der Waals surface area contributed by atoms with Crippen molar-refractivity contribution < 1.29 is 24.1 Å². The number of rotatable bonds is 3. The summed E-state index contributed by atoms with van der Waals surface area (Å²) in [5.41, 5.74) is 0. The standard InChI is InChI=1S/2C4H9FO.C4H10O/c2*1-3(5)4(2)6;1-3-4(2)5/h2*3-4,6H,1-2H3;4-5H,3H2,1-2H3. The van der Waals surface area contributed by atoms with Gasteiger partial charge in [0.2, 0.25) is 0 Å². The van der Waals surface area contributed by atoms with Crippen molar-refractivity contribution in [2.75, 3.05) is 0 Å². The Hall–Kier alpha value is -0.260. The molecule has 0 aromatic carbocycles. The zero-order chi connectivity index (χ0) is 14.6. The third-order valence-electron chi connectivity index (χ3n) is 1.92. The highest BCUT2D eigenvalue weighted by Gasteiger charge is 2.03. The summed E-state index contributed by atoms with van der Waals surface area (Å²) in [5.74, 6) is 0. The van der Waals surface area contributed by atoms with E-state index in [2.05, 4.69) is 0 Å². The second-order valence-corrected chi connectivity index (χ2v) is 4.09. The van der Waals surface area contributed by atoms with E-state index in [1.54, 1.807) is 6.92 Å². The quantitative estimate of drug-likeness (QED) is 0.727. The average molecular weight is 258 g/mol. The first-order valence-electron chi connectivity index (χ1n) is 5.88. The van der Waals surface area contributed by atoms with Crippen LogP contribution in [0, 0.1) is 0 Å². The number of aliphatic hydroxyl groups is 3. The van der Waals surface area contributed by atoms with E-state index in [4.69, 9.17) is 15.3 Å². The van der Waals surface area contributed by atoms with E-state index in [0.29, 0.717) is 0 Å². The molecular formula is C12H28F2O3. The molecule has 0 fully saturated rings. The fourth-order valence-electron chi connectivity index (χ4n) is 0. The minimum absolute atomic E-state index is 0.116. The minimum atomic E-state index is -1.09. The molecule has 5 atom stereocenters. The molecule has 5 unspecified atom stereocenters. The number of alkyl halides is 2. The maximum absolute atomic E-state index is 11.6. The number of hydrogen-bond donors (Lipinski definition) is 3. The van der Waals surface area contributed by atoms with Crippen LogP contribution in [-0.4, -0.2) is 46.0 Å². The van der Waals surface area contributed by atoms with E-state index in [1.807, 2.05) is 6.92 Å². The van der Waals surface area contributed by atoms with E-state index >= 15 is 0 Å². The first-order chi connectivity index (χ1) is 7.56. The van der Waals surface area contributed by atoms with Crippen LogP contribution in [0.5, 0.6) is 0 Å². The minimum Gasteiger partial charge on any atom is -0.393 e. The highest BCUT2D eigenvalue weighted by molar-refractivity contribution is 4.52. The van der Waals surface area contributed by atoms with Gasteiger partial charge in [0.25, 0.3) is 0 Å². The highest BCUT2D eigenvalue weighted by atomic mass is 19.1. The Morgan fingerprint density at radius 2 is 0.882 bits per heavy atom. The Kier molecular flexibility index (Phi) is 17.8. The summed E-state index contributed by atoms with van der Waals surface area (Å²) in [6.07, 6.45) is -3.07. The van der Waals surface area contributed by atoms with Crippen LogP contribution in [0.1, 0.15) is 48.0 Å². The zero-order valence-electron chi connectivity index (χ0n) is 11.7. The maximum Gasteiger partial charge on any atom is 0.123 e. The molecule has 0 amide bonds. The van der Waals surface area contributed by atoms with Gasteiger partial charge in [0.15, 0.2) is 0 Å². The summed E-state index contributed by atoms with van der Waals surface area (Å²) in [4.78, 5) is 0. The Labute approximate surface area is 103 Å². The summed E-state index contributed by atoms with van der Waals surface area (Å²) in [5, 5.41) is 24.9. The van der Waals surface area contributed by atoms with Gasteiger partial charge < -0.3 is 15.3 Å². The van der Waals surface area contributed by atoms with Gasteiger partial charge in [0, 0.05) is 0 Å². The van der Waals surface area contributed by atoms with Crippen molar-refractivity contribution >= 4 is 0 Å². The first-order valence-corrected chi connectivity index (χ1v) is 5.88. The van der Waals surface area contributed by atoms with E-state index in [1.165, 1.54) is 27.7 Å². The van der Waals surface area contributed by atoms with Gasteiger partial charge in [-0.2, -0.15) is 0 Å². The molecule has 0 aliphatic heterocycles. The zero-order valence-corrected chi connectivity index (χ0v) is 11.7. The van der Waals surface area contributed by atoms with Gasteiger partial charge in [-0.05, 0) is 41.0 Å². The van der Waals surface area contributed by atoms with Crippen LogP contribution in [0.25, 0.3) is 0 Å². The second kappa shape index (κ2) is 13.8. The summed E-state index contributed by atoms with van der Waals surface area (Å²) in [7, 11) is 0. The van der Waals surface area contributed by atoms with Gasteiger partial charge in [-0.25, -0.2) is 8.78 Å². The molecule has 0 aromatic rings. The molecule has 3 nitrogen and oxygen atoms in total. The van der Waals surface area contributed by atoms with Crippen molar-refractivity contribution in [2.45, 2.75) is 78.6 Å². The van der Waals surface area contributed by atoms with Crippen LogP contribution >= 0.6 is 0 Å². The van der Waals surface area contributed by atoms with E-state index in [-0.39, 0.29) is 6.10 Å². The van der Waals surface area contributed by atoms with Crippen LogP contribution in [0.3, 0.4) is 0 Å². The molecule has 3 N–H and O–H groups in total. The third kappa shape index (κ3) is 31.3. The molecule has 0 rings (SSSR count). The lowest BCUT2D eigenvalue weighted by Gasteiger charge is -2.00. The van der Waals surface area contributed by atoms with Gasteiger partial charge in [0.1, 0.15) is 12.3 Å². The molecule has 0 aromatic heterocycles. The SMILES string of the molecule is CC(O)C(C)F.CC(O)C(C)F.CCC(C)O. The van der Waals surface area contributed by atoms with Crippen LogP contribution in [-0.2, 0) is 0 Å². The molecule has 0 bridgehead atoms. The molecular weight excluding hydrogens is 230 g/mol. The number of aliphatic hydroxyl groups excluding tert-OH is 3. The Morgan fingerprint density at radius 1 is 0.765 bits per heavy atom. The van der Waals surface area contributed by atoms with E-state index < -0.39 is 24.6 Å². The smallest absolute Gasteiger partial charge is 0.123 e. The molecule has 108 valence electrons. The summed E-state index contributed by atoms with van der Waals surface area (Å²) in [6, 6.07) is 0.